The Kier molecular flexibility index (Phi) is 4.54. The third kappa shape index (κ3) is 3.51. The second-order valence-electron chi connectivity index (χ2n) is 6.28. The van der Waals surface area contributed by atoms with Gasteiger partial charge in [0, 0.05) is 17.5 Å². The van der Waals surface area contributed by atoms with Crippen LogP contribution in [-0.4, -0.2) is 18.7 Å². The summed E-state index contributed by atoms with van der Waals surface area (Å²) in [5.41, 5.74) is 0.889. The molecular weight excluding hydrogens is 348 g/mol. The van der Waals surface area contributed by atoms with Crippen molar-refractivity contribution in [3.63, 3.8) is 0 Å². The van der Waals surface area contributed by atoms with E-state index >= 15 is 0 Å². The van der Waals surface area contributed by atoms with Crippen molar-refractivity contribution in [2.75, 3.05) is 6.61 Å². The summed E-state index contributed by atoms with van der Waals surface area (Å²) in [6.45, 7) is 2.11. The van der Waals surface area contributed by atoms with E-state index in [1.165, 1.54) is 6.07 Å². The van der Waals surface area contributed by atoms with Gasteiger partial charge in [0.05, 0.1) is 0 Å². The molecule has 0 bridgehead atoms. The average Bonchev–Trinajstić information content (AvgIpc) is 2.67. The van der Waals surface area contributed by atoms with Gasteiger partial charge in [0.1, 0.15) is 17.9 Å². The first-order valence-electron chi connectivity index (χ1n) is 8.81. The van der Waals surface area contributed by atoms with Crippen LogP contribution in [-0.2, 0) is 11.2 Å². The van der Waals surface area contributed by atoms with Crippen LogP contribution in [0.2, 0.25) is 0 Å². The molecule has 1 aliphatic heterocycles. The minimum absolute atomic E-state index is 0.0686. The predicted molar refractivity (Wildman–Crippen MR) is 98.5 cm³/mol. The molecule has 2 aromatic carbocycles. The molecular formula is C21H18O6. The number of aryl methyl sites for hydroxylation is 1. The molecule has 0 radical (unpaired) electrons. The van der Waals surface area contributed by atoms with Crippen LogP contribution in [0.15, 0.2) is 57.7 Å². The maximum absolute atomic E-state index is 12.4. The van der Waals surface area contributed by atoms with E-state index in [0.29, 0.717) is 17.1 Å². The third-order valence-electron chi connectivity index (χ3n) is 4.31. The van der Waals surface area contributed by atoms with Crippen molar-refractivity contribution < 1.29 is 23.4 Å². The summed E-state index contributed by atoms with van der Waals surface area (Å²) in [7, 11) is 0. The maximum atomic E-state index is 12.4. The summed E-state index contributed by atoms with van der Waals surface area (Å²) < 4.78 is 21.9. The highest BCUT2D eigenvalue weighted by atomic mass is 16.6. The molecule has 138 valence electrons. The Labute approximate surface area is 155 Å². The Morgan fingerprint density at radius 2 is 1.96 bits per heavy atom. The standard InChI is InChI=1S/C21H18O6/c1-2-5-13-10-20(22)27-18-11-14(8-9-15(13)18)25-21(23)19-12-24-16-6-3-4-7-17(16)26-19/h3-4,6-11,19H,2,5,12H2,1H3/t19-/m0/s1. The van der Waals surface area contributed by atoms with Crippen molar-refractivity contribution in [2.24, 2.45) is 0 Å². The fourth-order valence-corrected chi connectivity index (χ4v) is 3.07. The number of esters is 1. The highest BCUT2D eigenvalue weighted by molar-refractivity contribution is 5.83. The van der Waals surface area contributed by atoms with Gasteiger partial charge in [-0.1, -0.05) is 25.5 Å². The molecule has 6 heteroatoms. The molecule has 1 aromatic heterocycles. The van der Waals surface area contributed by atoms with Gasteiger partial charge in [-0.15, -0.1) is 0 Å². The summed E-state index contributed by atoms with van der Waals surface area (Å²) >= 11 is 0. The van der Waals surface area contributed by atoms with Crippen LogP contribution in [0.25, 0.3) is 11.0 Å². The van der Waals surface area contributed by atoms with Crippen molar-refractivity contribution in [2.45, 2.75) is 25.9 Å². The van der Waals surface area contributed by atoms with E-state index in [4.69, 9.17) is 18.6 Å². The fraction of sp³-hybridized carbons (Fsp3) is 0.238. The summed E-state index contributed by atoms with van der Waals surface area (Å²) in [4.78, 5) is 24.2. The number of para-hydroxylation sites is 2. The Morgan fingerprint density at radius 3 is 2.78 bits per heavy atom. The Morgan fingerprint density at radius 1 is 1.15 bits per heavy atom. The fourth-order valence-electron chi connectivity index (χ4n) is 3.07. The number of hydrogen-bond donors (Lipinski definition) is 0. The van der Waals surface area contributed by atoms with Gasteiger partial charge in [-0.05, 0) is 36.2 Å². The molecule has 27 heavy (non-hydrogen) atoms. The number of rotatable bonds is 4. The van der Waals surface area contributed by atoms with E-state index < -0.39 is 17.7 Å². The van der Waals surface area contributed by atoms with Crippen LogP contribution < -0.4 is 19.8 Å². The lowest BCUT2D eigenvalue weighted by molar-refractivity contribution is -0.144. The van der Waals surface area contributed by atoms with Crippen LogP contribution in [0, 0.1) is 0 Å². The Bertz CT molecular complexity index is 1050. The second kappa shape index (κ2) is 7.15. The molecule has 0 saturated heterocycles. The number of fused-ring (bicyclic) bond motifs is 2. The molecule has 0 fully saturated rings. The zero-order chi connectivity index (χ0) is 18.8. The number of hydrogen-bond acceptors (Lipinski definition) is 6. The lowest BCUT2D eigenvalue weighted by Crippen LogP contribution is -2.39. The van der Waals surface area contributed by atoms with Gasteiger partial charge in [-0.2, -0.15) is 0 Å². The first-order valence-corrected chi connectivity index (χ1v) is 8.81. The van der Waals surface area contributed by atoms with Gasteiger partial charge in [-0.3, -0.25) is 0 Å². The molecule has 0 spiro atoms. The smallest absolute Gasteiger partial charge is 0.356 e. The zero-order valence-corrected chi connectivity index (χ0v) is 14.8. The first kappa shape index (κ1) is 17.1. The minimum Gasteiger partial charge on any atom is -0.485 e. The van der Waals surface area contributed by atoms with Crippen molar-refractivity contribution in [1.29, 1.82) is 0 Å². The van der Waals surface area contributed by atoms with Crippen LogP contribution in [0.4, 0.5) is 0 Å². The van der Waals surface area contributed by atoms with Gasteiger partial charge in [0.15, 0.2) is 11.5 Å². The maximum Gasteiger partial charge on any atom is 0.356 e. The molecule has 0 saturated carbocycles. The minimum atomic E-state index is -0.867. The number of carbonyl (C=O) groups excluding carboxylic acids is 1. The molecule has 4 rings (SSSR count). The summed E-state index contributed by atoms with van der Waals surface area (Å²) in [6, 6.07) is 13.7. The first-order chi connectivity index (χ1) is 13.1. The predicted octanol–water partition coefficient (Wildman–Crippen LogP) is 3.49. The van der Waals surface area contributed by atoms with Gasteiger partial charge >= 0.3 is 11.6 Å². The molecule has 1 aliphatic rings. The zero-order valence-electron chi connectivity index (χ0n) is 14.8. The molecule has 1 atom stereocenters. The van der Waals surface area contributed by atoms with Crippen molar-refractivity contribution in [1.82, 2.24) is 0 Å². The largest absolute Gasteiger partial charge is 0.485 e. The van der Waals surface area contributed by atoms with E-state index in [0.717, 1.165) is 23.8 Å². The van der Waals surface area contributed by atoms with E-state index in [1.54, 1.807) is 36.4 Å². The number of carbonyl (C=O) groups is 1. The normalized spacial score (nSPS) is 15.5. The molecule has 0 amide bonds. The highest BCUT2D eigenvalue weighted by Gasteiger charge is 2.29. The van der Waals surface area contributed by atoms with Crippen molar-refractivity contribution in [3.8, 4) is 17.2 Å². The molecule has 0 unspecified atom stereocenters. The summed E-state index contributed by atoms with van der Waals surface area (Å²) in [5, 5.41) is 0.836. The lowest BCUT2D eigenvalue weighted by Gasteiger charge is -2.24. The third-order valence-corrected chi connectivity index (χ3v) is 4.31. The SMILES string of the molecule is CCCc1cc(=O)oc2cc(OC(=O)[C@@H]3COc4ccccc4O3)ccc12. The molecule has 6 nitrogen and oxygen atoms in total. The molecule has 3 aromatic rings. The average molecular weight is 366 g/mol. The van der Waals surface area contributed by atoms with Gasteiger partial charge in [0.25, 0.3) is 0 Å². The van der Waals surface area contributed by atoms with Gasteiger partial charge in [0.2, 0.25) is 6.10 Å². The second-order valence-corrected chi connectivity index (χ2v) is 6.28. The van der Waals surface area contributed by atoms with E-state index in [1.807, 2.05) is 13.0 Å². The van der Waals surface area contributed by atoms with Gasteiger partial charge in [-0.25, -0.2) is 9.59 Å². The lowest BCUT2D eigenvalue weighted by atomic mass is 10.1. The summed E-state index contributed by atoms with van der Waals surface area (Å²) in [5.74, 6) is 0.805. The molecule has 2 heterocycles. The van der Waals surface area contributed by atoms with Gasteiger partial charge < -0.3 is 18.6 Å². The van der Waals surface area contributed by atoms with E-state index in [9.17, 15) is 9.59 Å². The van der Waals surface area contributed by atoms with Crippen LogP contribution in [0.3, 0.4) is 0 Å². The van der Waals surface area contributed by atoms with Crippen LogP contribution >= 0.6 is 0 Å². The number of ether oxygens (including phenoxy) is 3. The summed E-state index contributed by atoms with van der Waals surface area (Å²) in [6.07, 6.45) is 0.818. The topological polar surface area (TPSA) is 75.0 Å². The Hall–Kier alpha value is -3.28. The molecule has 0 N–H and O–H groups in total. The van der Waals surface area contributed by atoms with E-state index in [-0.39, 0.29) is 12.4 Å². The molecule has 0 aliphatic carbocycles. The Balaban J connectivity index is 1.55. The number of benzene rings is 2. The van der Waals surface area contributed by atoms with E-state index in [2.05, 4.69) is 0 Å². The van der Waals surface area contributed by atoms with Crippen LogP contribution in [0.5, 0.6) is 17.2 Å². The van der Waals surface area contributed by atoms with Crippen LogP contribution in [0.1, 0.15) is 18.9 Å². The quantitative estimate of drug-likeness (QED) is 0.400. The highest BCUT2D eigenvalue weighted by Crippen LogP contribution is 2.31. The monoisotopic (exact) mass is 366 g/mol. The van der Waals surface area contributed by atoms with Crippen molar-refractivity contribution >= 4 is 16.9 Å². The van der Waals surface area contributed by atoms with Crippen molar-refractivity contribution in [3.05, 3.63) is 64.5 Å².